The monoisotopic (exact) mass is 431 g/mol. The third-order valence-electron chi connectivity index (χ3n) is 3.56. The predicted octanol–water partition coefficient (Wildman–Crippen LogP) is 4.54. The third kappa shape index (κ3) is 4.64. The molecular formula is C17H12F3NO3S3. The molecule has 0 aliphatic rings. The first-order valence-corrected chi connectivity index (χ1v) is 10.7. The van der Waals surface area contributed by atoms with Gasteiger partial charge in [-0.2, -0.15) is 13.2 Å². The lowest BCUT2D eigenvalue weighted by atomic mass is 10.2. The van der Waals surface area contributed by atoms with E-state index in [0.29, 0.717) is 14.6 Å². The van der Waals surface area contributed by atoms with Gasteiger partial charge >= 0.3 is 6.18 Å². The molecule has 0 spiro atoms. The lowest BCUT2D eigenvalue weighted by Crippen LogP contribution is -2.23. The summed E-state index contributed by atoms with van der Waals surface area (Å²) < 4.78 is 64.5. The van der Waals surface area contributed by atoms with Crippen LogP contribution in [0.2, 0.25) is 0 Å². The smallest absolute Gasteiger partial charge is 0.287 e. The molecule has 10 heteroatoms. The van der Waals surface area contributed by atoms with Gasteiger partial charge in [0.2, 0.25) is 15.8 Å². The summed E-state index contributed by atoms with van der Waals surface area (Å²) in [6.45, 7) is -0.0637. The summed E-state index contributed by atoms with van der Waals surface area (Å²) in [5, 5.41) is 1.79. The number of alkyl halides is 3. The molecule has 142 valence electrons. The number of sulfonamides is 1. The minimum absolute atomic E-state index is 0.0637. The summed E-state index contributed by atoms with van der Waals surface area (Å²) in [4.78, 5) is 13.7. The summed E-state index contributed by atoms with van der Waals surface area (Å²) in [5.41, 5.74) is -0.920. The number of carbonyl (C=O) groups is 1. The Morgan fingerprint density at radius 3 is 2.30 bits per heavy atom. The first-order chi connectivity index (χ1) is 12.7. The van der Waals surface area contributed by atoms with Gasteiger partial charge in [0.05, 0.1) is 20.2 Å². The summed E-state index contributed by atoms with van der Waals surface area (Å²) >= 11 is 2.48. The van der Waals surface area contributed by atoms with Crippen LogP contribution in [0.5, 0.6) is 0 Å². The quantitative estimate of drug-likeness (QED) is 0.583. The van der Waals surface area contributed by atoms with Crippen LogP contribution in [0.15, 0.2) is 58.8 Å². The van der Waals surface area contributed by atoms with Gasteiger partial charge in [-0.3, -0.25) is 4.79 Å². The lowest BCUT2D eigenvalue weighted by Gasteiger charge is -2.09. The van der Waals surface area contributed by atoms with Crippen LogP contribution >= 0.6 is 22.7 Å². The Morgan fingerprint density at radius 2 is 1.70 bits per heavy atom. The Labute approximate surface area is 161 Å². The molecular weight excluding hydrogens is 419 g/mol. The summed E-state index contributed by atoms with van der Waals surface area (Å²) in [5.74, 6) is -0.133. The second kappa shape index (κ2) is 7.55. The van der Waals surface area contributed by atoms with Crippen molar-refractivity contribution in [3.8, 4) is 0 Å². The number of carbonyl (C=O) groups excluding carboxylic acids is 1. The Bertz CT molecular complexity index is 1040. The molecule has 0 aliphatic heterocycles. The minimum Gasteiger partial charge on any atom is -0.287 e. The molecule has 0 unspecified atom stereocenters. The fourth-order valence-electron chi connectivity index (χ4n) is 2.20. The van der Waals surface area contributed by atoms with Crippen molar-refractivity contribution in [3.63, 3.8) is 0 Å². The zero-order valence-corrected chi connectivity index (χ0v) is 15.9. The number of halogens is 3. The molecule has 0 saturated heterocycles. The number of ketones is 1. The largest absolute Gasteiger partial charge is 0.416 e. The fraction of sp³-hybridized carbons (Fsp3) is 0.118. The molecule has 0 atom stereocenters. The predicted molar refractivity (Wildman–Crippen MR) is 97.5 cm³/mol. The van der Waals surface area contributed by atoms with Gasteiger partial charge in [0.25, 0.3) is 0 Å². The summed E-state index contributed by atoms with van der Waals surface area (Å²) in [6, 6.07) is 9.99. The number of rotatable bonds is 6. The second-order valence-electron chi connectivity index (χ2n) is 5.42. The zero-order chi connectivity index (χ0) is 19.7. The first-order valence-electron chi connectivity index (χ1n) is 7.51. The van der Waals surface area contributed by atoms with Crippen LogP contribution in [0.4, 0.5) is 13.2 Å². The van der Waals surface area contributed by atoms with E-state index in [-0.39, 0.29) is 17.2 Å². The van der Waals surface area contributed by atoms with Gasteiger partial charge < -0.3 is 0 Å². The van der Waals surface area contributed by atoms with Gasteiger partial charge in [0.1, 0.15) is 0 Å². The number of hydrogen-bond acceptors (Lipinski definition) is 5. The summed E-state index contributed by atoms with van der Waals surface area (Å²) in [6.07, 6.45) is -4.53. The minimum atomic E-state index is -4.53. The van der Waals surface area contributed by atoms with Crippen LogP contribution in [0.25, 0.3) is 0 Å². The molecule has 0 saturated carbocycles. The highest BCUT2D eigenvalue weighted by Gasteiger charge is 2.30. The summed E-state index contributed by atoms with van der Waals surface area (Å²) in [7, 11) is -3.97. The van der Waals surface area contributed by atoms with E-state index in [1.807, 2.05) is 0 Å². The fourth-order valence-corrected chi connectivity index (χ4v) is 4.94. The average Bonchev–Trinajstić information content (AvgIpc) is 3.31. The van der Waals surface area contributed by atoms with Crippen LogP contribution < -0.4 is 4.72 Å². The van der Waals surface area contributed by atoms with Crippen molar-refractivity contribution in [3.05, 3.63) is 74.1 Å². The van der Waals surface area contributed by atoms with Crippen LogP contribution in [-0.4, -0.2) is 14.2 Å². The first kappa shape index (κ1) is 19.7. The number of hydrogen-bond donors (Lipinski definition) is 1. The van der Waals surface area contributed by atoms with E-state index in [4.69, 9.17) is 0 Å². The molecule has 2 heterocycles. The zero-order valence-electron chi connectivity index (χ0n) is 13.5. The highest BCUT2D eigenvalue weighted by atomic mass is 32.2. The van der Waals surface area contributed by atoms with Crippen LogP contribution in [0.1, 0.15) is 25.0 Å². The van der Waals surface area contributed by atoms with E-state index >= 15 is 0 Å². The van der Waals surface area contributed by atoms with Crippen LogP contribution in [0, 0.1) is 0 Å². The van der Waals surface area contributed by atoms with E-state index in [9.17, 15) is 26.4 Å². The number of nitrogens with one attached hydrogen (secondary N) is 1. The van der Waals surface area contributed by atoms with Gasteiger partial charge in [-0.25, -0.2) is 13.1 Å². The molecule has 27 heavy (non-hydrogen) atoms. The molecule has 3 aromatic rings. The molecule has 2 aromatic heterocycles. The SMILES string of the molecule is O=C(c1cccs1)c1ccc(CNS(=O)(=O)c2ccc(C(F)(F)F)cc2)s1. The normalized spacial score (nSPS) is 12.3. The van der Waals surface area contributed by atoms with Gasteiger partial charge in [-0.1, -0.05) is 6.07 Å². The molecule has 1 N–H and O–H groups in total. The number of thiophene rings is 2. The van der Waals surface area contributed by atoms with Crippen molar-refractivity contribution in [2.75, 3.05) is 0 Å². The molecule has 0 fully saturated rings. The Hall–Kier alpha value is -2.01. The van der Waals surface area contributed by atoms with E-state index in [0.717, 1.165) is 35.6 Å². The maximum Gasteiger partial charge on any atom is 0.416 e. The van der Waals surface area contributed by atoms with Gasteiger partial charge in [-0.05, 0) is 47.8 Å². The topological polar surface area (TPSA) is 63.2 Å². The van der Waals surface area contributed by atoms with Crippen molar-refractivity contribution in [1.29, 1.82) is 0 Å². The van der Waals surface area contributed by atoms with Crippen LogP contribution in [-0.2, 0) is 22.7 Å². The Balaban J connectivity index is 1.68. The maximum atomic E-state index is 12.6. The second-order valence-corrected chi connectivity index (χ2v) is 9.30. The average molecular weight is 431 g/mol. The maximum absolute atomic E-state index is 12.6. The van der Waals surface area contributed by atoms with Crippen molar-refractivity contribution < 1.29 is 26.4 Å². The standard InChI is InChI=1S/C17H12F3NO3S3/c18-17(19,20)11-3-6-13(7-4-11)27(23,24)21-10-12-5-8-15(26-12)16(22)14-2-1-9-25-14/h1-9,21H,10H2. The van der Waals surface area contributed by atoms with E-state index in [1.165, 1.54) is 11.3 Å². The Morgan fingerprint density at radius 1 is 1.00 bits per heavy atom. The molecule has 4 nitrogen and oxygen atoms in total. The lowest BCUT2D eigenvalue weighted by molar-refractivity contribution is -0.137. The number of benzene rings is 1. The van der Waals surface area contributed by atoms with Crippen molar-refractivity contribution >= 4 is 38.5 Å². The van der Waals surface area contributed by atoms with Crippen molar-refractivity contribution in [2.45, 2.75) is 17.6 Å². The van der Waals surface area contributed by atoms with E-state index in [2.05, 4.69) is 4.72 Å². The van der Waals surface area contributed by atoms with Crippen LogP contribution in [0.3, 0.4) is 0 Å². The third-order valence-corrected chi connectivity index (χ3v) is 6.93. The molecule has 0 radical (unpaired) electrons. The van der Waals surface area contributed by atoms with E-state index in [1.54, 1.807) is 29.6 Å². The van der Waals surface area contributed by atoms with Crippen molar-refractivity contribution in [1.82, 2.24) is 4.72 Å². The van der Waals surface area contributed by atoms with Gasteiger partial charge in [0.15, 0.2) is 0 Å². The molecule has 3 rings (SSSR count). The highest BCUT2D eigenvalue weighted by Crippen LogP contribution is 2.29. The highest BCUT2D eigenvalue weighted by molar-refractivity contribution is 7.89. The molecule has 0 amide bonds. The Kier molecular flexibility index (Phi) is 5.52. The molecule has 0 bridgehead atoms. The van der Waals surface area contributed by atoms with Gasteiger partial charge in [0, 0.05) is 11.4 Å². The molecule has 0 aliphatic carbocycles. The van der Waals surface area contributed by atoms with Crippen molar-refractivity contribution in [2.24, 2.45) is 0 Å². The molecule has 1 aromatic carbocycles. The van der Waals surface area contributed by atoms with E-state index < -0.39 is 21.8 Å². The van der Waals surface area contributed by atoms with Gasteiger partial charge in [-0.15, -0.1) is 22.7 Å².